The quantitative estimate of drug-likeness (QED) is 0.851. The number of aliphatic imine (C=N–C) groups is 1. The summed E-state index contributed by atoms with van der Waals surface area (Å²) in [6, 6.07) is 7.45. The number of hydrogen-bond acceptors (Lipinski definition) is 3. The largest absolute Gasteiger partial charge is 0.497 e. The number of hydrogen-bond donors (Lipinski definition) is 0. The summed E-state index contributed by atoms with van der Waals surface area (Å²) in [5.41, 5.74) is 2.14. The first kappa shape index (κ1) is 15.4. The minimum absolute atomic E-state index is 0.0150. The molecule has 0 saturated heterocycles. The lowest BCUT2D eigenvalue weighted by Crippen LogP contribution is -2.34. The zero-order chi connectivity index (χ0) is 17.2. The summed E-state index contributed by atoms with van der Waals surface area (Å²) in [7, 11) is 1.65. The molecule has 0 spiro atoms. The molecule has 0 fully saturated rings. The van der Waals surface area contributed by atoms with Crippen LogP contribution in [0.1, 0.15) is 5.56 Å². The number of benzene rings is 1. The van der Waals surface area contributed by atoms with Gasteiger partial charge < -0.3 is 4.74 Å². The Labute approximate surface area is 146 Å². The van der Waals surface area contributed by atoms with Gasteiger partial charge in [0.25, 0.3) is 5.91 Å². The zero-order valence-corrected chi connectivity index (χ0v) is 13.9. The van der Waals surface area contributed by atoms with E-state index in [1.807, 2.05) is 66.8 Å². The van der Waals surface area contributed by atoms with Crippen LogP contribution < -0.4 is 4.74 Å². The molecule has 4 rings (SSSR count). The number of ether oxygens (including phenoxy) is 1. The number of rotatable bonds is 3. The van der Waals surface area contributed by atoms with Gasteiger partial charge in [-0.1, -0.05) is 48.6 Å². The van der Waals surface area contributed by atoms with E-state index < -0.39 is 6.04 Å². The number of nitrogens with zero attached hydrogens (tertiary/aromatic N) is 2. The van der Waals surface area contributed by atoms with Crippen LogP contribution in [-0.4, -0.2) is 29.8 Å². The van der Waals surface area contributed by atoms with Gasteiger partial charge in [0.05, 0.1) is 7.11 Å². The first-order valence-electron chi connectivity index (χ1n) is 8.22. The van der Waals surface area contributed by atoms with E-state index in [-0.39, 0.29) is 11.8 Å². The first-order valence-corrected chi connectivity index (χ1v) is 8.22. The van der Waals surface area contributed by atoms with Crippen LogP contribution in [0.15, 0.2) is 83.6 Å². The number of fused-ring (bicyclic) bond motifs is 1. The van der Waals surface area contributed by atoms with E-state index in [2.05, 4.69) is 11.1 Å². The van der Waals surface area contributed by atoms with Crippen LogP contribution in [0.25, 0.3) is 6.08 Å². The Morgan fingerprint density at radius 3 is 2.64 bits per heavy atom. The predicted octanol–water partition coefficient (Wildman–Crippen LogP) is 3.51. The number of amidine groups is 1. The van der Waals surface area contributed by atoms with Gasteiger partial charge in [0, 0.05) is 12.1 Å². The highest BCUT2D eigenvalue weighted by atomic mass is 16.5. The predicted molar refractivity (Wildman–Crippen MR) is 99.1 cm³/mol. The molecular formula is C21H18N2O2. The molecule has 3 aliphatic rings. The average molecular weight is 330 g/mol. The summed E-state index contributed by atoms with van der Waals surface area (Å²) in [5.74, 6) is 1.48. The highest BCUT2D eigenvalue weighted by Gasteiger charge is 2.38. The van der Waals surface area contributed by atoms with Crippen molar-refractivity contribution < 1.29 is 9.53 Å². The summed E-state index contributed by atoms with van der Waals surface area (Å²) in [6.45, 7) is 0. The molecule has 25 heavy (non-hydrogen) atoms. The third-order valence-corrected chi connectivity index (χ3v) is 4.49. The Morgan fingerprint density at radius 2 is 1.88 bits per heavy atom. The summed E-state index contributed by atoms with van der Waals surface area (Å²) in [5, 5.41) is 0. The van der Waals surface area contributed by atoms with Gasteiger partial charge in [0.2, 0.25) is 0 Å². The Bertz CT molecular complexity index is 870. The lowest BCUT2D eigenvalue weighted by Gasteiger charge is -2.21. The molecule has 1 aromatic rings. The number of carbonyl (C=O) groups is 1. The molecule has 0 N–H and O–H groups in total. The van der Waals surface area contributed by atoms with Crippen molar-refractivity contribution in [2.75, 3.05) is 7.11 Å². The maximum absolute atomic E-state index is 12.7. The van der Waals surface area contributed by atoms with Gasteiger partial charge in [-0.25, -0.2) is 0 Å². The van der Waals surface area contributed by atoms with Gasteiger partial charge in [-0.15, -0.1) is 0 Å². The van der Waals surface area contributed by atoms with E-state index in [4.69, 9.17) is 4.74 Å². The summed E-state index contributed by atoms with van der Waals surface area (Å²) >= 11 is 0. The number of carbonyl (C=O) groups excluding carboxylic acids is 1. The summed E-state index contributed by atoms with van der Waals surface area (Å²) < 4.78 is 5.20. The van der Waals surface area contributed by atoms with E-state index in [0.717, 1.165) is 16.9 Å². The van der Waals surface area contributed by atoms with E-state index >= 15 is 0 Å². The van der Waals surface area contributed by atoms with Gasteiger partial charge in [0.1, 0.15) is 17.6 Å². The van der Waals surface area contributed by atoms with Crippen LogP contribution in [0.3, 0.4) is 0 Å². The molecule has 2 atom stereocenters. The van der Waals surface area contributed by atoms with Crippen molar-refractivity contribution in [1.82, 2.24) is 4.90 Å². The molecule has 4 nitrogen and oxygen atoms in total. The van der Waals surface area contributed by atoms with Gasteiger partial charge >= 0.3 is 0 Å². The molecule has 2 heterocycles. The fraction of sp³-hybridized carbons (Fsp3) is 0.143. The Balaban J connectivity index is 1.65. The third-order valence-electron chi connectivity index (χ3n) is 4.49. The maximum Gasteiger partial charge on any atom is 0.258 e. The van der Waals surface area contributed by atoms with Gasteiger partial charge in [-0.05, 0) is 35.4 Å². The second-order valence-electron chi connectivity index (χ2n) is 6.03. The SMILES string of the molecule is COc1ccc(/C=C2/C=CC=CC2C2N=C3C=CC=CN3C2=O)cc1. The molecule has 0 aromatic heterocycles. The second kappa shape index (κ2) is 6.40. The fourth-order valence-electron chi connectivity index (χ4n) is 3.20. The van der Waals surface area contributed by atoms with Gasteiger partial charge in [-0.3, -0.25) is 14.7 Å². The van der Waals surface area contributed by atoms with Crippen LogP contribution in [0.5, 0.6) is 5.75 Å². The highest BCUT2D eigenvalue weighted by molar-refractivity contribution is 6.12. The van der Waals surface area contributed by atoms with Gasteiger partial charge in [-0.2, -0.15) is 0 Å². The third kappa shape index (κ3) is 2.87. The average Bonchev–Trinajstić information content (AvgIpc) is 3.00. The van der Waals surface area contributed by atoms with Crippen LogP contribution in [0.2, 0.25) is 0 Å². The second-order valence-corrected chi connectivity index (χ2v) is 6.03. The van der Waals surface area contributed by atoms with E-state index in [9.17, 15) is 4.79 Å². The number of allylic oxidation sites excluding steroid dienone is 5. The monoisotopic (exact) mass is 330 g/mol. The van der Waals surface area contributed by atoms with Crippen LogP contribution in [0, 0.1) is 5.92 Å². The highest BCUT2D eigenvalue weighted by Crippen LogP contribution is 2.31. The van der Waals surface area contributed by atoms with E-state index in [0.29, 0.717) is 5.84 Å². The Kier molecular flexibility index (Phi) is 3.94. The lowest BCUT2D eigenvalue weighted by atomic mass is 9.86. The number of amides is 1. The molecule has 1 aliphatic carbocycles. The summed E-state index contributed by atoms with van der Waals surface area (Å²) in [4.78, 5) is 19.0. The van der Waals surface area contributed by atoms with E-state index in [1.165, 1.54) is 0 Å². The van der Waals surface area contributed by atoms with Crippen molar-refractivity contribution in [3.8, 4) is 5.75 Å². The van der Waals surface area contributed by atoms with Crippen LogP contribution >= 0.6 is 0 Å². The van der Waals surface area contributed by atoms with Crippen LogP contribution in [-0.2, 0) is 4.79 Å². The summed E-state index contributed by atoms with van der Waals surface area (Å²) in [6.07, 6.45) is 17.6. The first-order chi connectivity index (χ1) is 12.3. The topological polar surface area (TPSA) is 41.9 Å². The maximum atomic E-state index is 12.7. The minimum Gasteiger partial charge on any atom is -0.497 e. The lowest BCUT2D eigenvalue weighted by molar-refractivity contribution is -0.126. The van der Waals surface area contributed by atoms with Crippen molar-refractivity contribution in [2.45, 2.75) is 6.04 Å². The molecular weight excluding hydrogens is 312 g/mol. The van der Waals surface area contributed by atoms with Crippen LogP contribution in [0.4, 0.5) is 0 Å². The molecule has 0 bridgehead atoms. The van der Waals surface area contributed by atoms with Crippen molar-refractivity contribution >= 4 is 17.8 Å². The molecule has 0 radical (unpaired) electrons. The number of methoxy groups -OCH3 is 1. The minimum atomic E-state index is -0.423. The van der Waals surface area contributed by atoms with Crippen molar-refractivity contribution in [3.05, 3.63) is 84.1 Å². The van der Waals surface area contributed by atoms with Gasteiger partial charge in [0.15, 0.2) is 0 Å². The molecule has 4 heteroatoms. The molecule has 2 unspecified atom stereocenters. The van der Waals surface area contributed by atoms with E-state index in [1.54, 1.807) is 18.2 Å². The zero-order valence-electron chi connectivity index (χ0n) is 13.9. The van der Waals surface area contributed by atoms with Crippen molar-refractivity contribution in [2.24, 2.45) is 10.9 Å². The Hall–Kier alpha value is -3.14. The molecule has 124 valence electrons. The van der Waals surface area contributed by atoms with Crippen molar-refractivity contribution in [1.29, 1.82) is 0 Å². The smallest absolute Gasteiger partial charge is 0.258 e. The molecule has 1 amide bonds. The molecule has 0 saturated carbocycles. The van der Waals surface area contributed by atoms with Crippen molar-refractivity contribution in [3.63, 3.8) is 0 Å². The fourth-order valence-corrected chi connectivity index (χ4v) is 3.20. The standard InChI is InChI=1S/C21H18N2O2/c1-25-17-11-9-15(10-12-17)14-16-6-2-3-7-18(16)20-21(24)23-13-5-4-8-19(23)22-20/h2-14,18,20H,1H3/b16-14-. The normalized spacial score (nSPS) is 25.5. The Morgan fingerprint density at radius 1 is 1.08 bits per heavy atom. The molecule has 1 aromatic carbocycles. The molecule has 2 aliphatic heterocycles.